The zero-order valence-electron chi connectivity index (χ0n) is 8.78. The van der Waals surface area contributed by atoms with E-state index in [0.29, 0.717) is 6.04 Å². The topological polar surface area (TPSA) is 15.3 Å². The van der Waals surface area contributed by atoms with Crippen LogP contribution in [0.3, 0.4) is 0 Å². The van der Waals surface area contributed by atoms with Gasteiger partial charge in [0.2, 0.25) is 0 Å². The van der Waals surface area contributed by atoms with Crippen LogP contribution >= 0.6 is 36.4 Å². The minimum Gasteiger partial charge on any atom is -0.314 e. The number of nitrogens with zero attached hydrogens (tertiary/aromatic N) is 1. The zero-order chi connectivity index (χ0) is 9.54. The van der Waals surface area contributed by atoms with Gasteiger partial charge in [-0.1, -0.05) is 23.7 Å². The minimum atomic E-state index is 0. The van der Waals surface area contributed by atoms with E-state index in [1.54, 1.807) is 0 Å². The molecule has 0 spiro atoms. The Morgan fingerprint density at radius 1 is 1.31 bits per heavy atom. The number of piperazine rings is 1. The van der Waals surface area contributed by atoms with Crippen LogP contribution in [0, 0.1) is 0 Å². The first-order valence-corrected chi connectivity index (χ1v) is 5.46. The van der Waals surface area contributed by atoms with Crippen molar-refractivity contribution < 1.29 is 0 Å². The SMILES string of the molecule is Cl.Cl.Clc1cccc2c1CN1CCNC[C@@H]21. The van der Waals surface area contributed by atoms with Gasteiger partial charge in [0.15, 0.2) is 0 Å². The summed E-state index contributed by atoms with van der Waals surface area (Å²) in [7, 11) is 0. The molecule has 1 aromatic rings. The van der Waals surface area contributed by atoms with Crippen molar-refractivity contribution in [1.29, 1.82) is 0 Å². The van der Waals surface area contributed by atoms with E-state index in [9.17, 15) is 0 Å². The highest BCUT2D eigenvalue weighted by Crippen LogP contribution is 2.37. The Kier molecular flexibility index (Phi) is 4.89. The Bertz CT molecular complexity index is 370. The second kappa shape index (κ2) is 5.56. The lowest BCUT2D eigenvalue weighted by Crippen LogP contribution is -2.42. The molecule has 1 N–H and O–H groups in total. The summed E-state index contributed by atoms with van der Waals surface area (Å²) >= 11 is 6.19. The van der Waals surface area contributed by atoms with E-state index >= 15 is 0 Å². The van der Waals surface area contributed by atoms with Crippen molar-refractivity contribution in [3.8, 4) is 0 Å². The summed E-state index contributed by atoms with van der Waals surface area (Å²) in [6.45, 7) is 4.33. The number of fused-ring (bicyclic) bond motifs is 3. The molecule has 1 atom stereocenters. The average molecular weight is 282 g/mol. The fourth-order valence-electron chi connectivity index (χ4n) is 2.50. The van der Waals surface area contributed by atoms with Crippen LogP contribution in [-0.4, -0.2) is 24.5 Å². The second-order valence-corrected chi connectivity index (χ2v) is 4.41. The van der Waals surface area contributed by atoms with Gasteiger partial charge in [0.1, 0.15) is 0 Å². The van der Waals surface area contributed by atoms with Gasteiger partial charge in [-0.3, -0.25) is 4.90 Å². The molecule has 1 saturated heterocycles. The Morgan fingerprint density at radius 3 is 2.94 bits per heavy atom. The van der Waals surface area contributed by atoms with Gasteiger partial charge in [-0.05, 0) is 17.2 Å². The third kappa shape index (κ3) is 2.18. The molecule has 0 amide bonds. The predicted molar refractivity (Wildman–Crippen MR) is 72.0 cm³/mol. The smallest absolute Gasteiger partial charge is 0.0480 e. The summed E-state index contributed by atoms with van der Waals surface area (Å²) in [5, 5.41) is 4.36. The summed E-state index contributed by atoms with van der Waals surface area (Å²) < 4.78 is 0. The molecule has 90 valence electrons. The predicted octanol–water partition coefficient (Wildman–Crippen LogP) is 2.64. The molecule has 0 aromatic heterocycles. The number of halogens is 3. The number of benzene rings is 1. The van der Waals surface area contributed by atoms with Crippen LogP contribution in [0.1, 0.15) is 17.2 Å². The van der Waals surface area contributed by atoms with Crippen molar-refractivity contribution in [2.75, 3.05) is 19.6 Å². The number of hydrogen-bond donors (Lipinski definition) is 1. The summed E-state index contributed by atoms with van der Waals surface area (Å²) in [4.78, 5) is 2.51. The summed E-state index contributed by atoms with van der Waals surface area (Å²) in [6, 6.07) is 6.81. The number of rotatable bonds is 0. The van der Waals surface area contributed by atoms with E-state index in [1.165, 1.54) is 11.1 Å². The molecule has 2 nitrogen and oxygen atoms in total. The quantitative estimate of drug-likeness (QED) is 0.786. The standard InChI is InChI=1S/C11H13ClN2.2ClH/c12-10-3-1-2-8-9(10)7-14-5-4-13-6-11(8)14;;/h1-3,11,13H,4-7H2;2*1H/t11-;;/m0../s1. The molecule has 3 rings (SSSR count). The minimum absolute atomic E-state index is 0. The molecule has 0 aliphatic carbocycles. The summed E-state index contributed by atoms with van der Waals surface area (Å²) in [5.41, 5.74) is 2.76. The normalized spacial score (nSPS) is 22.7. The molecule has 0 saturated carbocycles. The lowest BCUT2D eigenvalue weighted by Gasteiger charge is -2.30. The molecule has 1 aromatic carbocycles. The molecule has 2 aliphatic heterocycles. The first-order valence-electron chi connectivity index (χ1n) is 5.08. The van der Waals surface area contributed by atoms with Crippen LogP contribution in [-0.2, 0) is 6.54 Å². The average Bonchev–Trinajstić information content (AvgIpc) is 2.59. The van der Waals surface area contributed by atoms with Crippen LogP contribution in [0.15, 0.2) is 18.2 Å². The molecule has 0 bridgehead atoms. The third-order valence-corrected chi connectivity index (χ3v) is 3.58. The van der Waals surface area contributed by atoms with Crippen LogP contribution in [0.25, 0.3) is 0 Å². The van der Waals surface area contributed by atoms with Crippen LogP contribution in [0.4, 0.5) is 0 Å². The highest BCUT2D eigenvalue weighted by molar-refractivity contribution is 6.31. The maximum Gasteiger partial charge on any atom is 0.0480 e. The second-order valence-electron chi connectivity index (χ2n) is 4.00. The van der Waals surface area contributed by atoms with E-state index in [4.69, 9.17) is 11.6 Å². The highest BCUT2D eigenvalue weighted by atomic mass is 35.5. The Balaban J connectivity index is 0.000000640. The molecule has 16 heavy (non-hydrogen) atoms. The molecule has 1 fully saturated rings. The van der Waals surface area contributed by atoms with Crippen molar-refractivity contribution in [3.63, 3.8) is 0 Å². The molecule has 2 aliphatic rings. The van der Waals surface area contributed by atoms with Crippen molar-refractivity contribution in [2.24, 2.45) is 0 Å². The fraction of sp³-hybridized carbons (Fsp3) is 0.455. The van der Waals surface area contributed by atoms with Gasteiger partial charge in [-0.25, -0.2) is 0 Å². The largest absolute Gasteiger partial charge is 0.314 e. The van der Waals surface area contributed by atoms with E-state index in [-0.39, 0.29) is 24.8 Å². The summed E-state index contributed by atoms with van der Waals surface area (Å²) in [6.07, 6.45) is 0. The van der Waals surface area contributed by atoms with Crippen molar-refractivity contribution in [1.82, 2.24) is 10.2 Å². The Morgan fingerprint density at radius 2 is 2.12 bits per heavy atom. The molecule has 0 unspecified atom stereocenters. The first-order chi connectivity index (χ1) is 6.86. The first kappa shape index (κ1) is 14.1. The van der Waals surface area contributed by atoms with Crippen molar-refractivity contribution in [3.05, 3.63) is 34.3 Å². The fourth-order valence-corrected chi connectivity index (χ4v) is 2.74. The van der Waals surface area contributed by atoms with Crippen molar-refractivity contribution in [2.45, 2.75) is 12.6 Å². The molecule has 5 heteroatoms. The van der Waals surface area contributed by atoms with Gasteiger partial charge >= 0.3 is 0 Å². The van der Waals surface area contributed by atoms with Crippen LogP contribution in [0.5, 0.6) is 0 Å². The molecule has 2 heterocycles. The van der Waals surface area contributed by atoms with E-state index in [2.05, 4.69) is 22.3 Å². The molecular weight excluding hydrogens is 266 g/mol. The summed E-state index contributed by atoms with van der Waals surface area (Å²) in [5.74, 6) is 0. The van der Waals surface area contributed by atoms with E-state index in [0.717, 1.165) is 31.2 Å². The Hall–Kier alpha value is 0.01000. The third-order valence-electron chi connectivity index (χ3n) is 3.23. The van der Waals surface area contributed by atoms with Gasteiger partial charge in [0.05, 0.1) is 0 Å². The lowest BCUT2D eigenvalue weighted by atomic mass is 10.0. The van der Waals surface area contributed by atoms with Gasteiger partial charge in [0.25, 0.3) is 0 Å². The van der Waals surface area contributed by atoms with Gasteiger partial charge in [-0.2, -0.15) is 0 Å². The van der Waals surface area contributed by atoms with Crippen molar-refractivity contribution >= 4 is 36.4 Å². The maximum atomic E-state index is 6.19. The zero-order valence-corrected chi connectivity index (χ0v) is 11.2. The number of hydrogen-bond acceptors (Lipinski definition) is 2. The number of nitrogens with one attached hydrogen (secondary N) is 1. The molecule has 0 radical (unpaired) electrons. The lowest BCUT2D eigenvalue weighted by molar-refractivity contribution is 0.178. The molecular formula is C11H15Cl3N2. The van der Waals surface area contributed by atoms with Gasteiger partial charge in [0, 0.05) is 37.2 Å². The highest BCUT2D eigenvalue weighted by Gasteiger charge is 2.32. The van der Waals surface area contributed by atoms with Crippen LogP contribution < -0.4 is 5.32 Å². The maximum absolute atomic E-state index is 6.19. The van der Waals surface area contributed by atoms with Crippen LogP contribution in [0.2, 0.25) is 5.02 Å². The van der Waals surface area contributed by atoms with Gasteiger partial charge in [-0.15, -0.1) is 24.8 Å². The Labute approximate surface area is 113 Å². The monoisotopic (exact) mass is 280 g/mol. The van der Waals surface area contributed by atoms with E-state index < -0.39 is 0 Å². The van der Waals surface area contributed by atoms with Gasteiger partial charge < -0.3 is 5.32 Å². The van der Waals surface area contributed by atoms with E-state index in [1.807, 2.05) is 6.07 Å².